The summed E-state index contributed by atoms with van der Waals surface area (Å²) < 4.78 is 5.67. The van der Waals surface area contributed by atoms with Gasteiger partial charge in [-0.2, -0.15) is 4.98 Å². The van der Waals surface area contributed by atoms with Gasteiger partial charge in [-0.25, -0.2) is 0 Å². The first-order valence-electron chi connectivity index (χ1n) is 9.05. The standard InChI is InChI=1S/C19H21N3O4S/c23-15(10-27-11-16(24)25)22-9-14-7-4-8-19(14,12-22)18-20-17(21-26-18)13-5-2-1-3-6-13/h1-3,5-6,14H,4,7-12H2,(H,24,25)/t14-,19-/m1/s1. The molecule has 0 radical (unpaired) electrons. The van der Waals surface area contributed by atoms with Crippen LogP contribution < -0.4 is 0 Å². The molecule has 2 fully saturated rings. The van der Waals surface area contributed by atoms with Crippen molar-refractivity contribution in [2.24, 2.45) is 5.92 Å². The van der Waals surface area contributed by atoms with E-state index >= 15 is 0 Å². The number of nitrogens with zero attached hydrogens (tertiary/aromatic N) is 3. The predicted octanol–water partition coefficient (Wildman–Crippen LogP) is 2.43. The highest BCUT2D eigenvalue weighted by atomic mass is 32.2. The van der Waals surface area contributed by atoms with Crippen molar-refractivity contribution in [1.29, 1.82) is 0 Å². The number of benzene rings is 1. The highest BCUT2D eigenvalue weighted by Gasteiger charge is 2.55. The second-order valence-corrected chi connectivity index (χ2v) is 8.18. The number of likely N-dealkylation sites (tertiary alicyclic amines) is 1. The zero-order valence-electron chi connectivity index (χ0n) is 14.8. The van der Waals surface area contributed by atoms with Crippen molar-refractivity contribution in [2.75, 3.05) is 24.6 Å². The number of rotatable bonds is 6. The molecule has 1 aromatic heterocycles. The summed E-state index contributed by atoms with van der Waals surface area (Å²) in [6, 6.07) is 9.71. The Balaban J connectivity index is 1.51. The number of thioether (sulfide) groups is 1. The molecule has 1 amide bonds. The monoisotopic (exact) mass is 387 g/mol. The van der Waals surface area contributed by atoms with Crippen LogP contribution in [-0.4, -0.2) is 56.6 Å². The second-order valence-electron chi connectivity index (χ2n) is 7.20. The maximum Gasteiger partial charge on any atom is 0.313 e. The maximum atomic E-state index is 12.5. The first-order chi connectivity index (χ1) is 13.1. The molecule has 0 bridgehead atoms. The summed E-state index contributed by atoms with van der Waals surface area (Å²) in [4.78, 5) is 29.7. The Kier molecular flexibility index (Phi) is 4.90. The summed E-state index contributed by atoms with van der Waals surface area (Å²) >= 11 is 1.14. The van der Waals surface area contributed by atoms with E-state index in [1.807, 2.05) is 35.2 Å². The molecule has 2 aromatic rings. The third-order valence-corrected chi connectivity index (χ3v) is 6.46. The topological polar surface area (TPSA) is 96.5 Å². The van der Waals surface area contributed by atoms with Crippen LogP contribution in [0.25, 0.3) is 11.4 Å². The van der Waals surface area contributed by atoms with Crippen LogP contribution in [0.2, 0.25) is 0 Å². The quantitative estimate of drug-likeness (QED) is 0.813. The minimum atomic E-state index is -0.901. The van der Waals surface area contributed by atoms with E-state index in [-0.39, 0.29) is 22.8 Å². The van der Waals surface area contributed by atoms with E-state index in [4.69, 9.17) is 9.63 Å². The number of carbonyl (C=O) groups excluding carboxylic acids is 1. The lowest BCUT2D eigenvalue weighted by molar-refractivity contribution is -0.133. The minimum Gasteiger partial charge on any atom is -0.481 e. The van der Waals surface area contributed by atoms with Crippen LogP contribution in [0.5, 0.6) is 0 Å². The molecule has 1 aliphatic carbocycles. The number of carboxylic acid groups (broad SMARTS) is 1. The van der Waals surface area contributed by atoms with Crippen molar-refractivity contribution in [1.82, 2.24) is 15.0 Å². The van der Waals surface area contributed by atoms with E-state index in [2.05, 4.69) is 10.1 Å². The Morgan fingerprint density at radius 3 is 2.89 bits per heavy atom. The first kappa shape index (κ1) is 18.0. The molecule has 2 aliphatic rings. The van der Waals surface area contributed by atoms with Crippen molar-refractivity contribution in [3.63, 3.8) is 0 Å². The highest BCUT2D eigenvalue weighted by molar-refractivity contribution is 8.00. The molecule has 2 heterocycles. The molecule has 2 atom stereocenters. The molecule has 142 valence electrons. The molecule has 1 N–H and O–H groups in total. The molecule has 1 saturated heterocycles. The Labute approximate surface area is 161 Å². The van der Waals surface area contributed by atoms with Gasteiger partial charge in [0.2, 0.25) is 17.6 Å². The van der Waals surface area contributed by atoms with Gasteiger partial charge >= 0.3 is 5.97 Å². The fraction of sp³-hybridized carbons (Fsp3) is 0.474. The van der Waals surface area contributed by atoms with Gasteiger partial charge in [-0.1, -0.05) is 41.9 Å². The fourth-order valence-corrected chi connectivity index (χ4v) is 4.91. The fourth-order valence-electron chi connectivity index (χ4n) is 4.28. The van der Waals surface area contributed by atoms with Gasteiger partial charge in [0.1, 0.15) is 0 Å². The first-order valence-corrected chi connectivity index (χ1v) is 10.2. The maximum absolute atomic E-state index is 12.5. The van der Waals surface area contributed by atoms with Crippen molar-refractivity contribution in [3.8, 4) is 11.4 Å². The number of hydrogen-bond donors (Lipinski definition) is 1. The molecule has 7 nitrogen and oxygen atoms in total. The number of hydrogen-bond acceptors (Lipinski definition) is 6. The Bertz CT molecular complexity index is 840. The van der Waals surface area contributed by atoms with E-state index < -0.39 is 5.97 Å². The molecule has 8 heteroatoms. The molecular weight excluding hydrogens is 366 g/mol. The van der Waals surface area contributed by atoms with Crippen LogP contribution in [0.1, 0.15) is 25.2 Å². The second kappa shape index (κ2) is 7.34. The lowest BCUT2D eigenvalue weighted by atomic mass is 9.80. The van der Waals surface area contributed by atoms with E-state index in [1.54, 1.807) is 0 Å². The molecule has 1 aliphatic heterocycles. The number of fused-ring (bicyclic) bond motifs is 1. The lowest BCUT2D eigenvalue weighted by Crippen LogP contribution is -2.35. The van der Waals surface area contributed by atoms with Gasteiger partial charge in [0, 0.05) is 18.7 Å². The van der Waals surface area contributed by atoms with Crippen LogP contribution in [0.4, 0.5) is 0 Å². The largest absolute Gasteiger partial charge is 0.481 e. The Hall–Kier alpha value is -2.35. The van der Waals surface area contributed by atoms with Crippen LogP contribution in [0.15, 0.2) is 34.9 Å². The number of amides is 1. The van der Waals surface area contributed by atoms with Gasteiger partial charge in [-0.3, -0.25) is 9.59 Å². The zero-order chi connectivity index (χ0) is 18.9. The van der Waals surface area contributed by atoms with E-state index in [0.29, 0.717) is 30.7 Å². The average molecular weight is 387 g/mol. The zero-order valence-corrected chi connectivity index (χ0v) is 15.7. The van der Waals surface area contributed by atoms with E-state index in [0.717, 1.165) is 36.6 Å². The van der Waals surface area contributed by atoms with Gasteiger partial charge in [-0.05, 0) is 18.8 Å². The van der Waals surface area contributed by atoms with E-state index in [1.165, 1.54) is 0 Å². The van der Waals surface area contributed by atoms with Crippen molar-refractivity contribution < 1.29 is 19.2 Å². The molecular formula is C19H21N3O4S. The molecule has 27 heavy (non-hydrogen) atoms. The third-order valence-electron chi connectivity index (χ3n) is 5.56. The summed E-state index contributed by atoms with van der Waals surface area (Å²) in [6.07, 6.45) is 3.05. The highest BCUT2D eigenvalue weighted by Crippen LogP contribution is 2.50. The SMILES string of the molecule is O=C(O)CSCC(=O)N1C[C@H]2CCC[C@@]2(c2nc(-c3ccccc3)no2)C1. The van der Waals surface area contributed by atoms with Crippen molar-refractivity contribution in [3.05, 3.63) is 36.2 Å². The summed E-state index contributed by atoms with van der Waals surface area (Å²) in [5.74, 6) is 0.728. The normalized spacial score (nSPS) is 24.1. The smallest absolute Gasteiger partial charge is 0.313 e. The summed E-state index contributed by atoms with van der Waals surface area (Å²) in [7, 11) is 0. The van der Waals surface area contributed by atoms with Crippen molar-refractivity contribution in [2.45, 2.75) is 24.7 Å². The minimum absolute atomic E-state index is 0.0159. The van der Waals surface area contributed by atoms with Gasteiger partial charge in [-0.15, -0.1) is 11.8 Å². The Morgan fingerprint density at radius 1 is 1.30 bits per heavy atom. The Morgan fingerprint density at radius 2 is 2.11 bits per heavy atom. The molecule has 1 aromatic carbocycles. The summed E-state index contributed by atoms with van der Waals surface area (Å²) in [6.45, 7) is 1.25. The number of carbonyl (C=O) groups is 2. The molecule has 0 spiro atoms. The van der Waals surface area contributed by atoms with Gasteiger partial charge in [0.15, 0.2) is 0 Å². The van der Waals surface area contributed by atoms with Crippen molar-refractivity contribution >= 4 is 23.6 Å². The summed E-state index contributed by atoms with van der Waals surface area (Å²) in [5.41, 5.74) is 0.641. The predicted molar refractivity (Wildman–Crippen MR) is 100 cm³/mol. The average Bonchev–Trinajstić information content (AvgIpc) is 3.36. The number of aromatic nitrogens is 2. The van der Waals surface area contributed by atoms with Crippen LogP contribution >= 0.6 is 11.8 Å². The van der Waals surface area contributed by atoms with Crippen LogP contribution in [0, 0.1) is 5.92 Å². The molecule has 0 unspecified atom stereocenters. The lowest BCUT2D eigenvalue weighted by Gasteiger charge is -2.24. The van der Waals surface area contributed by atoms with Gasteiger partial charge < -0.3 is 14.5 Å². The number of aliphatic carboxylic acids is 1. The van der Waals surface area contributed by atoms with Gasteiger partial charge in [0.05, 0.1) is 16.9 Å². The van der Waals surface area contributed by atoms with Crippen LogP contribution in [-0.2, 0) is 15.0 Å². The number of carboxylic acids is 1. The molecule has 4 rings (SSSR count). The van der Waals surface area contributed by atoms with E-state index in [9.17, 15) is 9.59 Å². The molecule has 1 saturated carbocycles. The third kappa shape index (κ3) is 3.45. The van der Waals surface area contributed by atoms with Crippen LogP contribution in [0.3, 0.4) is 0 Å². The van der Waals surface area contributed by atoms with Gasteiger partial charge in [0.25, 0.3) is 0 Å². The summed E-state index contributed by atoms with van der Waals surface area (Å²) in [5, 5.41) is 12.9.